The number of halogens is 2. The van der Waals surface area contributed by atoms with Gasteiger partial charge in [-0.15, -0.1) is 0 Å². The van der Waals surface area contributed by atoms with Crippen LogP contribution in [0.5, 0.6) is 0 Å². The van der Waals surface area contributed by atoms with Gasteiger partial charge in [0.1, 0.15) is 11.6 Å². The van der Waals surface area contributed by atoms with Crippen LogP contribution in [0.1, 0.15) is 5.56 Å². The van der Waals surface area contributed by atoms with Crippen molar-refractivity contribution in [2.75, 3.05) is 26.8 Å². The second-order valence-corrected chi connectivity index (χ2v) is 4.05. The number of benzene rings is 1. The van der Waals surface area contributed by atoms with E-state index in [0.717, 1.165) is 25.8 Å². The van der Waals surface area contributed by atoms with E-state index in [1.165, 1.54) is 12.1 Å². The molecule has 0 unspecified atom stereocenters. The highest BCUT2D eigenvalue weighted by molar-refractivity contribution is 5.17. The topological polar surface area (TPSA) is 6.48 Å². The lowest BCUT2D eigenvalue weighted by Crippen LogP contribution is -2.22. The van der Waals surface area contributed by atoms with E-state index in [1.807, 2.05) is 7.05 Å². The van der Waals surface area contributed by atoms with Crippen molar-refractivity contribution in [3.8, 4) is 0 Å². The SMILES string of the molecule is CN1CCN(Cc2cc(F)cc(F)c2)C1. The maximum atomic E-state index is 12.9. The Labute approximate surface area is 88.1 Å². The average Bonchev–Trinajstić information content (AvgIpc) is 2.49. The minimum atomic E-state index is -0.502. The minimum absolute atomic E-state index is 0.502. The van der Waals surface area contributed by atoms with Crippen molar-refractivity contribution in [3.05, 3.63) is 35.4 Å². The third kappa shape index (κ3) is 2.73. The van der Waals surface area contributed by atoms with E-state index < -0.39 is 11.6 Å². The van der Waals surface area contributed by atoms with Crippen molar-refractivity contribution in [1.29, 1.82) is 0 Å². The summed E-state index contributed by atoms with van der Waals surface area (Å²) in [4.78, 5) is 4.34. The zero-order valence-electron chi connectivity index (χ0n) is 8.71. The van der Waals surface area contributed by atoms with Crippen LogP contribution >= 0.6 is 0 Å². The van der Waals surface area contributed by atoms with Crippen LogP contribution in [0.2, 0.25) is 0 Å². The molecule has 0 N–H and O–H groups in total. The molecule has 1 aromatic carbocycles. The molecule has 82 valence electrons. The fraction of sp³-hybridized carbons (Fsp3) is 0.455. The fourth-order valence-corrected chi connectivity index (χ4v) is 1.88. The normalized spacial score (nSPS) is 18.6. The molecule has 0 saturated carbocycles. The molecule has 4 heteroatoms. The van der Waals surface area contributed by atoms with E-state index in [9.17, 15) is 8.78 Å². The molecule has 1 aliphatic heterocycles. The summed E-state index contributed by atoms with van der Waals surface area (Å²) < 4.78 is 25.8. The van der Waals surface area contributed by atoms with E-state index in [4.69, 9.17) is 0 Å². The molecule has 0 radical (unpaired) electrons. The number of hydrogen-bond donors (Lipinski definition) is 0. The third-order valence-corrected chi connectivity index (χ3v) is 2.57. The highest BCUT2D eigenvalue weighted by Gasteiger charge is 2.16. The molecule has 0 bridgehead atoms. The summed E-state index contributed by atoms with van der Waals surface area (Å²) in [6.45, 7) is 3.43. The highest BCUT2D eigenvalue weighted by atomic mass is 19.1. The zero-order valence-corrected chi connectivity index (χ0v) is 8.71. The molecule has 0 atom stereocenters. The van der Waals surface area contributed by atoms with Gasteiger partial charge in [0.15, 0.2) is 0 Å². The van der Waals surface area contributed by atoms with Crippen LogP contribution in [0.3, 0.4) is 0 Å². The summed E-state index contributed by atoms with van der Waals surface area (Å²) in [6.07, 6.45) is 0. The molecule has 1 aliphatic rings. The Morgan fingerprint density at radius 2 is 1.80 bits per heavy atom. The molecule has 15 heavy (non-hydrogen) atoms. The molecular weight excluding hydrogens is 198 g/mol. The largest absolute Gasteiger partial charge is 0.292 e. The van der Waals surface area contributed by atoms with Crippen molar-refractivity contribution in [3.63, 3.8) is 0 Å². The monoisotopic (exact) mass is 212 g/mol. The summed E-state index contributed by atoms with van der Waals surface area (Å²) >= 11 is 0. The summed E-state index contributed by atoms with van der Waals surface area (Å²) in [5.74, 6) is -1.00. The molecule has 0 aliphatic carbocycles. The van der Waals surface area contributed by atoms with Gasteiger partial charge in [0.05, 0.1) is 6.67 Å². The van der Waals surface area contributed by atoms with Gasteiger partial charge in [-0.2, -0.15) is 0 Å². The van der Waals surface area contributed by atoms with Crippen LogP contribution in [-0.2, 0) is 6.54 Å². The van der Waals surface area contributed by atoms with Crippen molar-refractivity contribution in [2.45, 2.75) is 6.54 Å². The van der Waals surface area contributed by atoms with Gasteiger partial charge in [0.2, 0.25) is 0 Å². The van der Waals surface area contributed by atoms with Crippen LogP contribution in [0.4, 0.5) is 8.78 Å². The van der Waals surface area contributed by atoms with Gasteiger partial charge in [0, 0.05) is 25.7 Å². The standard InChI is InChI=1S/C11H14F2N2/c1-14-2-3-15(8-14)7-9-4-10(12)6-11(13)5-9/h4-6H,2-3,7-8H2,1H3. The fourth-order valence-electron chi connectivity index (χ4n) is 1.88. The predicted molar refractivity (Wildman–Crippen MR) is 54.3 cm³/mol. The Hall–Kier alpha value is -1.00. The minimum Gasteiger partial charge on any atom is -0.292 e. The lowest BCUT2D eigenvalue weighted by atomic mass is 10.2. The van der Waals surface area contributed by atoms with E-state index in [0.29, 0.717) is 12.1 Å². The number of rotatable bonds is 2. The second-order valence-electron chi connectivity index (χ2n) is 4.05. The molecule has 1 saturated heterocycles. The summed E-state index contributed by atoms with van der Waals surface area (Å²) in [5.41, 5.74) is 0.697. The molecule has 1 fully saturated rings. The maximum Gasteiger partial charge on any atom is 0.126 e. The molecule has 2 nitrogen and oxygen atoms in total. The van der Waals surface area contributed by atoms with Crippen LogP contribution in [0.15, 0.2) is 18.2 Å². The van der Waals surface area contributed by atoms with Gasteiger partial charge in [-0.25, -0.2) is 8.78 Å². The molecule has 1 heterocycles. The Bertz CT molecular complexity index is 334. The summed E-state index contributed by atoms with van der Waals surface area (Å²) in [7, 11) is 2.03. The number of nitrogens with zero attached hydrogens (tertiary/aromatic N) is 2. The molecule has 2 rings (SSSR count). The number of hydrogen-bond acceptors (Lipinski definition) is 2. The quantitative estimate of drug-likeness (QED) is 0.735. The lowest BCUT2D eigenvalue weighted by molar-refractivity contribution is 0.267. The third-order valence-electron chi connectivity index (χ3n) is 2.57. The first kappa shape index (κ1) is 10.5. The van der Waals surface area contributed by atoms with E-state index in [1.54, 1.807) is 0 Å². The van der Waals surface area contributed by atoms with E-state index in [-0.39, 0.29) is 0 Å². The molecule has 0 aromatic heterocycles. The zero-order chi connectivity index (χ0) is 10.8. The highest BCUT2D eigenvalue weighted by Crippen LogP contribution is 2.12. The average molecular weight is 212 g/mol. The Morgan fingerprint density at radius 3 is 2.33 bits per heavy atom. The molecule has 0 spiro atoms. The van der Waals surface area contributed by atoms with Gasteiger partial charge in [-0.1, -0.05) is 0 Å². The summed E-state index contributed by atoms with van der Waals surface area (Å²) in [6, 6.07) is 3.68. The smallest absolute Gasteiger partial charge is 0.126 e. The van der Waals surface area contributed by atoms with Crippen molar-refractivity contribution in [1.82, 2.24) is 9.80 Å². The molecular formula is C11H14F2N2. The first-order valence-electron chi connectivity index (χ1n) is 4.99. The first-order valence-corrected chi connectivity index (χ1v) is 4.99. The molecule has 0 amide bonds. The van der Waals surface area contributed by atoms with E-state index >= 15 is 0 Å². The Balaban J connectivity index is 2.04. The first-order chi connectivity index (χ1) is 7.13. The second kappa shape index (κ2) is 4.24. The Morgan fingerprint density at radius 1 is 1.13 bits per heavy atom. The predicted octanol–water partition coefficient (Wildman–Crippen LogP) is 1.67. The van der Waals surface area contributed by atoms with Crippen molar-refractivity contribution < 1.29 is 8.78 Å². The van der Waals surface area contributed by atoms with Gasteiger partial charge < -0.3 is 0 Å². The molecule has 1 aromatic rings. The van der Waals surface area contributed by atoms with Gasteiger partial charge in [0.25, 0.3) is 0 Å². The van der Waals surface area contributed by atoms with Crippen LogP contribution in [-0.4, -0.2) is 36.6 Å². The van der Waals surface area contributed by atoms with Gasteiger partial charge >= 0.3 is 0 Å². The van der Waals surface area contributed by atoms with Crippen LogP contribution in [0, 0.1) is 11.6 Å². The van der Waals surface area contributed by atoms with Gasteiger partial charge in [-0.05, 0) is 24.7 Å². The number of likely N-dealkylation sites (N-methyl/N-ethyl adjacent to an activating group) is 1. The van der Waals surface area contributed by atoms with Gasteiger partial charge in [-0.3, -0.25) is 9.80 Å². The van der Waals surface area contributed by atoms with Crippen LogP contribution in [0.25, 0.3) is 0 Å². The Kier molecular flexibility index (Phi) is 2.98. The lowest BCUT2D eigenvalue weighted by Gasteiger charge is -2.15. The van der Waals surface area contributed by atoms with E-state index in [2.05, 4.69) is 9.80 Å². The van der Waals surface area contributed by atoms with Crippen molar-refractivity contribution >= 4 is 0 Å². The van der Waals surface area contributed by atoms with Crippen molar-refractivity contribution in [2.24, 2.45) is 0 Å². The summed E-state index contributed by atoms with van der Waals surface area (Å²) in [5, 5.41) is 0. The van der Waals surface area contributed by atoms with Crippen LogP contribution < -0.4 is 0 Å². The maximum absolute atomic E-state index is 12.9.